The average molecular weight is 223 g/mol. The molecule has 0 aliphatic heterocycles. The van der Waals surface area contributed by atoms with E-state index in [4.69, 9.17) is 34.1 Å². The van der Waals surface area contributed by atoms with Crippen LogP contribution in [-0.4, -0.2) is 11.0 Å². The fourth-order valence-corrected chi connectivity index (χ4v) is 1.84. The molecule has 1 nitrogen and oxygen atoms in total. The molecule has 0 aliphatic carbocycles. The highest BCUT2D eigenvalue weighted by atomic mass is 35.9. The van der Waals surface area contributed by atoms with Crippen LogP contribution in [0.4, 0.5) is 0 Å². The standard InChI is InChI=1S/C5H10Cl3OP/c1-5(2,3-4-6)10(7,8)9/h3-4H2,1-2H3. The molecule has 62 valence electrons. The maximum Gasteiger partial charge on any atom is 0.258 e. The fourth-order valence-electron chi connectivity index (χ4n) is 0.361. The van der Waals surface area contributed by atoms with Crippen LogP contribution >= 0.6 is 39.9 Å². The number of halogens is 3. The molecule has 0 rings (SSSR count). The summed E-state index contributed by atoms with van der Waals surface area (Å²) >= 11 is 16.4. The molecule has 0 saturated carbocycles. The van der Waals surface area contributed by atoms with E-state index in [1.807, 2.05) is 0 Å². The van der Waals surface area contributed by atoms with Crippen molar-refractivity contribution in [1.82, 2.24) is 0 Å². The lowest BCUT2D eigenvalue weighted by Crippen LogP contribution is -2.15. The van der Waals surface area contributed by atoms with E-state index in [2.05, 4.69) is 0 Å². The summed E-state index contributed by atoms with van der Waals surface area (Å²) in [4.78, 5) is 0. The molecule has 0 aliphatic rings. The van der Waals surface area contributed by atoms with E-state index in [1.165, 1.54) is 0 Å². The molecule has 0 atom stereocenters. The first-order chi connectivity index (χ1) is 4.31. The molecule has 0 aromatic rings. The van der Waals surface area contributed by atoms with Gasteiger partial charge in [0.05, 0.1) is 0 Å². The van der Waals surface area contributed by atoms with Crippen molar-refractivity contribution >= 4 is 39.9 Å². The Morgan fingerprint density at radius 2 is 1.80 bits per heavy atom. The van der Waals surface area contributed by atoms with E-state index < -0.39 is 11.0 Å². The number of rotatable bonds is 3. The second-order valence-electron chi connectivity index (χ2n) is 2.71. The summed E-state index contributed by atoms with van der Waals surface area (Å²) in [5.74, 6) is -2.60. The molecule has 0 bridgehead atoms. The minimum Gasteiger partial charge on any atom is -0.289 e. The summed E-state index contributed by atoms with van der Waals surface area (Å²) in [5, 5.41) is -0.558. The van der Waals surface area contributed by atoms with Gasteiger partial charge in [-0.25, -0.2) is 0 Å². The van der Waals surface area contributed by atoms with E-state index in [0.29, 0.717) is 12.3 Å². The Morgan fingerprint density at radius 1 is 1.40 bits per heavy atom. The Balaban J connectivity index is 4.25. The highest BCUT2D eigenvalue weighted by Gasteiger charge is 2.36. The van der Waals surface area contributed by atoms with Crippen molar-refractivity contribution < 1.29 is 4.57 Å². The maximum absolute atomic E-state index is 11.1. The van der Waals surface area contributed by atoms with Crippen LogP contribution in [0.5, 0.6) is 0 Å². The predicted octanol–water partition coefficient (Wildman–Crippen LogP) is 4.06. The van der Waals surface area contributed by atoms with Crippen molar-refractivity contribution in [2.24, 2.45) is 0 Å². The van der Waals surface area contributed by atoms with Gasteiger partial charge in [0.15, 0.2) is 0 Å². The average Bonchev–Trinajstić information content (AvgIpc) is 1.61. The van der Waals surface area contributed by atoms with Crippen molar-refractivity contribution in [2.75, 3.05) is 5.88 Å². The van der Waals surface area contributed by atoms with Gasteiger partial charge in [0.2, 0.25) is 0 Å². The van der Waals surface area contributed by atoms with Gasteiger partial charge in [-0.05, 0) is 28.9 Å². The Kier molecular flexibility index (Phi) is 4.07. The SMILES string of the molecule is CC(C)(CCCl)P(=O)(Cl)Cl. The lowest BCUT2D eigenvalue weighted by Gasteiger charge is -2.23. The van der Waals surface area contributed by atoms with Crippen LogP contribution in [0.15, 0.2) is 0 Å². The Bertz CT molecular complexity index is 151. The molecule has 0 radical (unpaired) electrons. The van der Waals surface area contributed by atoms with Gasteiger partial charge in [0.1, 0.15) is 0 Å². The van der Waals surface area contributed by atoms with Crippen molar-refractivity contribution in [2.45, 2.75) is 25.4 Å². The Hall–Kier alpha value is 1.10. The van der Waals surface area contributed by atoms with Crippen LogP contribution in [0.25, 0.3) is 0 Å². The molecule has 0 aromatic carbocycles. The summed E-state index contributed by atoms with van der Waals surface area (Å²) in [6.07, 6.45) is 0.568. The molecule has 0 saturated heterocycles. The van der Waals surface area contributed by atoms with Crippen LogP contribution in [0.3, 0.4) is 0 Å². The van der Waals surface area contributed by atoms with Gasteiger partial charge in [0.25, 0.3) is 5.85 Å². The normalized spacial score (nSPS) is 13.7. The predicted molar refractivity (Wildman–Crippen MR) is 48.7 cm³/mol. The Morgan fingerprint density at radius 3 is 1.90 bits per heavy atom. The first kappa shape index (κ1) is 11.1. The van der Waals surface area contributed by atoms with E-state index in [0.717, 1.165) is 0 Å². The molecule has 0 amide bonds. The topological polar surface area (TPSA) is 17.1 Å². The first-order valence-electron chi connectivity index (χ1n) is 2.87. The van der Waals surface area contributed by atoms with E-state index in [1.54, 1.807) is 13.8 Å². The van der Waals surface area contributed by atoms with Crippen LogP contribution in [0.2, 0.25) is 0 Å². The zero-order chi connectivity index (χ0) is 8.41. The van der Waals surface area contributed by atoms with Gasteiger partial charge in [-0.2, -0.15) is 0 Å². The maximum atomic E-state index is 11.1. The van der Waals surface area contributed by atoms with Gasteiger partial charge in [0, 0.05) is 11.0 Å². The van der Waals surface area contributed by atoms with Crippen LogP contribution in [-0.2, 0) is 4.57 Å². The molecule has 0 fully saturated rings. The third-order valence-electron chi connectivity index (χ3n) is 1.41. The highest BCUT2D eigenvalue weighted by Crippen LogP contribution is 2.67. The van der Waals surface area contributed by atoms with Crippen molar-refractivity contribution in [3.8, 4) is 0 Å². The van der Waals surface area contributed by atoms with E-state index in [9.17, 15) is 4.57 Å². The monoisotopic (exact) mass is 222 g/mol. The second-order valence-corrected chi connectivity index (χ2v) is 8.60. The van der Waals surface area contributed by atoms with Crippen LogP contribution < -0.4 is 0 Å². The van der Waals surface area contributed by atoms with E-state index >= 15 is 0 Å². The van der Waals surface area contributed by atoms with Crippen LogP contribution in [0, 0.1) is 0 Å². The number of hydrogen-bond acceptors (Lipinski definition) is 1. The third kappa shape index (κ3) is 3.00. The quantitative estimate of drug-likeness (QED) is 0.521. The van der Waals surface area contributed by atoms with Gasteiger partial charge in [-0.3, -0.25) is 4.57 Å². The zero-order valence-corrected chi connectivity index (χ0v) is 9.07. The third-order valence-corrected chi connectivity index (χ3v) is 5.98. The smallest absolute Gasteiger partial charge is 0.258 e. The molecule has 0 unspecified atom stereocenters. The molecule has 0 N–H and O–H groups in total. The lowest BCUT2D eigenvalue weighted by atomic mass is 10.1. The largest absolute Gasteiger partial charge is 0.289 e. The van der Waals surface area contributed by atoms with Crippen molar-refractivity contribution in [1.29, 1.82) is 0 Å². The number of hydrogen-bond donors (Lipinski definition) is 0. The molecular formula is C5H10Cl3OP. The van der Waals surface area contributed by atoms with E-state index in [-0.39, 0.29) is 0 Å². The van der Waals surface area contributed by atoms with Gasteiger partial charge in [-0.15, -0.1) is 11.6 Å². The van der Waals surface area contributed by atoms with Gasteiger partial charge in [-0.1, -0.05) is 13.8 Å². The van der Waals surface area contributed by atoms with Crippen molar-refractivity contribution in [3.05, 3.63) is 0 Å². The summed E-state index contributed by atoms with van der Waals surface area (Å²) in [7, 11) is 0. The lowest BCUT2D eigenvalue weighted by molar-refractivity contribution is 0.555. The Labute approximate surface area is 76.0 Å². The first-order valence-corrected chi connectivity index (χ1v) is 6.92. The van der Waals surface area contributed by atoms with Gasteiger partial charge < -0.3 is 0 Å². The molecule has 0 spiro atoms. The summed E-state index contributed by atoms with van der Waals surface area (Å²) in [6, 6.07) is 0. The minimum absolute atomic E-state index is 0.427. The number of alkyl halides is 1. The van der Waals surface area contributed by atoms with Gasteiger partial charge >= 0.3 is 0 Å². The van der Waals surface area contributed by atoms with Crippen molar-refractivity contribution in [3.63, 3.8) is 0 Å². The molecule has 0 heterocycles. The summed E-state index contributed by atoms with van der Waals surface area (Å²) in [5.41, 5.74) is 0. The zero-order valence-electron chi connectivity index (χ0n) is 5.90. The minimum atomic E-state index is -3.03. The molecular weight excluding hydrogens is 213 g/mol. The second kappa shape index (κ2) is 3.67. The molecule has 10 heavy (non-hydrogen) atoms. The summed E-state index contributed by atoms with van der Waals surface area (Å²) < 4.78 is 11.1. The highest BCUT2D eigenvalue weighted by molar-refractivity contribution is 8.09. The van der Waals surface area contributed by atoms with Crippen LogP contribution in [0.1, 0.15) is 20.3 Å². The molecule has 0 aromatic heterocycles. The fraction of sp³-hybridized carbons (Fsp3) is 1.00. The molecule has 5 heteroatoms. The summed E-state index contributed by atoms with van der Waals surface area (Å²) in [6.45, 7) is 3.49.